The molecule has 132 valence electrons. The van der Waals surface area contributed by atoms with E-state index in [4.69, 9.17) is 0 Å². The highest BCUT2D eigenvalue weighted by molar-refractivity contribution is 7.92. The van der Waals surface area contributed by atoms with E-state index in [9.17, 15) is 8.42 Å². The molecule has 1 aliphatic carbocycles. The van der Waals surface area contributed by atoms with Crippen LogP contribution in [0.3, 0.4) is 0 Å². The minimum Gasteiger partial charge on any atom is -0.306 e. The van der Waals surface area contributed by atoms with Crippen molar-refractivity contribution in [1.82, 2.24) is 5.32 Å². The molecule has 0 unspecified atom stereocenters. The maximum absolute atomic E-state index is 13.2. The van der Waals surface area contributed by atoms with Gasteiger partial charge in [-0.25, -0.2) is 8.42 Å². The molecule has 5 heteroatoms. The van der Waals surface area contributed by atoms with Crippen molar-refractivity contribution in [3.8, 4) is 0 Å². The number of hydrogen-bond acceptors (Lipinski definition) is 3. The lowest BCUT2D eigenvalue weighted by Crippen LogP contribution is -2.36. The molecule has 4 nitrogen and oxygen atoms in total. The normalized spacial score (nSPS) is 20.8. The number of rotatable bonds is 4. The van der Waals surface area contributed by atoms with Crippen molar-refractivity contribution < 1.29 is 8.42 Å². The van der Waals surface area contributed by atoms with Crippen molar-refractivity contribution >= 4 is 15.7 Å². The first-order chi connectivity index (χ1) is 12.1. The van der Waals surface area contributed by atoms with Gasteiger partial charge in [-0.05, 0) is 43.5 Å². The van der Waals surface area contributed by atoms with Gasteiger partial charge < -0.3 is 5.32 Å². The summed E-state index contributed by atoms with van der Waals surface area (Å²) in [5, 5.41) is 3.69. The van der Waals surface area contributed by atoms with E-state index in [1.807, 2.05) is 43.3 Å². The lowest BCUT2D eigenvalue weighted by Gasteiger charge is -2.22. The molecule has 2 aliphatic rings. The molecule has 0 aromatic heterocycles. The van der Waals surface area contributed by atoms with Crippen molar-refractivity contribution in [3.63, 3.8) is 0 Å². The molecule has 1 saturated carbocycles. The molecule has 0 saturated heterocycles. The molecular formula is C20H24N2O2S. The Kier molecular flexibility index (Phi) is 4.29. The van der Waals surface area contributed by atoms with Gasteiger partial charge in [-0.15, -0.1) is 0 Å². The highest BCUT2D eigenvalue weighted by atomic mass is 32.2. The van der Waals surface area contributed by atoms with Crippen LogP contribution in [-0.4, -0.2) is 21.0 Å². The Balaban J connectivity index is 1.67. The summed E-state index contributed by atoms with van der Waals surface area (Å²) in [6.07, 6.45) is 4.89. The molecule has 1 atom stereocenters. The molecule has 1 fully saturated rings. The lowest BCUT2D eigenvalue weighted by molar-refractivity contribution is 0.456. The number of nitrogens with zero attached hydrogens (tertiary/aromatic N) is 1. The molecule has 2 aromatic rings. The third-order valence-electron chi connectivity index (χ3n) is 5.33. The third-order valence-corrected chi connectivity index (χ3v) is 7.12. The molecule has 0 radical (unpaired) electrons. The molecule has 1 aliphatic heterocycles. The first-order valence-electron chi connectivity index (χ1n) is 9.00. The Bertz CT molecular complexity index is 856. The van der Waals surface area contributed by atoms with Crippen LogP contribution in [0.4, 0.5) is 5.69 Å². The number of anilines is 1. The van der Waals surface area contributed by atoms with Crippen LogP contribution < -0.4 is 9.62 Å². The van der Waals surface area contributed by atoms with E-state index in [1.54, 1.807) is 16.4 Å². The summed E-state index contributed by atoms with van der Waals surface area (Å²) in [5.74, 6) is 0. The minimum atomic E-state index is -3.54. The first-order valence-corrected chi connectivity index (χ1v) is 10.4. The largest absolute Gasteiger partial charge is 0.306 e. The van der Waals surface area contributed by atoms with Crippen molar-refractivity contribution in [2.75, 3.05) is 10.8 Å². The SMILES string of the molecule is Cc1ccc(S(=O)(=O)N2C[C@H](NC3CCCC3)c3ccccc32)cc1. The molecule has 25 heavy (non-hydrogen) atoms. The summed E-state index contributed by atoms with van der Waals surface area (Å²) in [4.78, 5) is 0.356. The van der Waals surface area contributed by atoms with Gasteiger partial charge >= 0.3 is 0 Å². The van der Waals surface area contributed by atoms with E-state index >= 15 is 0 Å². The van der Waals surface area contributed by atoms with Crippen LogP contribution in [0.25, 0.3) is 0 Å². The fourth-order valence-electron chi connectivity index (χ4n) is 3.96. The monoisotopic (exact) mass is 356 g/mol. The summed E-state index contributed by atoms with van der Waals surface area (Å²) >= 11 is 0. The molecule has 1 N–H and O–H groups in total. The standard InChI is InChI=1S/C20H24N2O2S/c1-15-10-12-17(13-11-15)25(23,24)22-14-19(21-16-6-2-3-7-16)18-8-4-5-9-20(18)22/h4-5,8-13,16,19,21H,2-3,6-7,14H2,1H3/t19-/m0/s1. The predicted molar refractivity (Wildman–Crippen MR) is 100 cm³/mol. The van der Waals surface area contributed by atoms with E-state index in [0.29, 0.717) is 17.5 Å². The number of aryl methyl sites for hydroxylation is 1. The van der Waals surface area contributed by atoms with Gasteiger partial charge in [0.2, 0.25) is 0 Å². The summed E-state index contributed by atoms with van der Waals surface area (Å²) in [6.45, 7) is 2.43. The van der Waals surface area contributed by atoms with Crippen LogP contribution in [0.5, 0.6) is 0 Å². The van der Waals surface area contributed by atoms with E-state index < -0.39 is 10.0 Å². The second-order valence-electron chi connectivity index (χ2n) is 7.11. The Labute approximate surface area is 149 Å². The van der Waals surface area contributed by atoms with Crippen molar-refractivity contribution in [3.05, 3.63) is 59.7 Å². The zero-order valence-corrected chi connectivity index (χ0v) is 15.3. The zero-order valence-electron chi connectivity index (χ0n) is 14.5. The maximum atomic E-state index is 13.2. The second kappa shape index (κ2) is 6.46. The van der Waals surface area contributed by atoms with Gasteiger partial charge in [-0.3, -0.25) is 4.31 Å². The number of benzene rings is 2. The summed E-state index contributed by atoms with van der Waals surface area (Å²) in [5.41, 5.74) is 2.95. The minimum absolute atomic E-state index is 0.0690. The van der Waals surface area contributed by atoms with Gasteiger partial charge in [0.25, 0.3) is 10.0 Å². The lowest BCUT2D eigenvalue weighted by atomic mass is 10.1. The van der Waals surface area contributed by atoms with Gasteiger partial charge in [0.05, 0.1) is 23.2 Å². The Morgan fingerprint density at radius 2 is 1.68 bits per heavy atom. The smallest absolute Gasteiger partial charge is 0.264 e. The van der Waals surface area contributed by atoms with Crippen LogP contribution in [0.15, 0.2) is 53.4 Å². The molecule has 2 aromatic carbocycles. The van der Waals surface area contributed by atoms with Gasteiger partial charge in [0.1, 0.15) is 0 Å². The second-order valence-corrected chi connectivity index (χ2v) is 8.97. The van der Waals surface area contributed by atoms with Crippen molar-refractivity contribution in [1.29, 1.82) is 0 Å². The molecule has 4 rings (SSSR count). The number of hydrogen-bond donors (Lipinski definition) is 1. The molecular weight excluding hydrogens is 332 g/mol. The van der Waals surface area contributed by atoms with Crippen LogP contribution in [-0.2, 0) is 10.0 Å². The molecule has 0 bridgehead atoms. The number of nitrogens with one attached hydrogen (secondary N) is 1. The highest BCUT2D eigenvalue weighted by Crippen LogP contribution is 2.39. The zero-order chi connectivity index (χ0) is 17.4. The summed E-state index contributed by atoms with van der Waals surface area (Å²) < 4.78 is 27.9. The predicted octanol–water partition coefficient (Wildman–Crippen LogP) is 3.78. The Morgan fingerprint density at radius 3 is 2.40 bits per heavy atom. The number of sulfonamides is 1. The van der Waals surface area contributed by atoms with Crippen LogP contribution >= 0.6 is 0 Å². The van der Waals surface area contributed by atoms with Crippen molar-refractivity contribution in [2.45, 2.75) is 49.6 Å². The van der Waals surface area contributed by atoms with Crippen LogP contribution in [0, 0.1) is 6.92 Å². The van der Waals surface area contributed by atoms with Crippen LogP contribution in [0.1, 0.15) is 42.9 Å². The molecule has 1 heterocycles. The van der Waals surface area contributed by atoms with Crippen molar-refractivity contribution in [2.24, 2.45) is 0 Å². The summed E-state index contributed by atoms with van der Waals surface area (Å²) in [6, 6.07) is 15.5. The van der Waals surface area contributed by atoms with Crippen LogP contribution in [0.2, 0.25) is 0 Å². The van der Waals surface area contributed by atoms with Gasteiger partial charge in [0, 0.05) is 6.04 Å². The number of para-hydroxylation sites is 1. The van der Waals surface area contributed by atoms with Gasteiger partial charge in [0.15, 0.2) is 0 Å². The topological polar surface area (TPSA) is 49.4 Å². The van der Waals surface area contributed by atoms with E-state index in [0.717, 1.165) is 16.8 Å². The van der Waals surface area contributed by atoms with E-state index in [-0.39, 0.29) is 6.04 Å². The van der Waals surface area contributed by atoms with E-state index in [2.05, 4.69) is 5.32 Å². The fraction of sp³-hybridized carbons (Fsp3) is 0.400. The average Bonchev–Trinajstić information content (AvgIpc) is 3.24. The Hall–Kier alpha value is -1.85. The van der Waals surface area contributed by atoms with Gasteiger partial charge in [-0.1, -0.05) is 48.7 Å². The highest BCUT2D eigenvalue weighted by Gasteiger charge is 2.37. The summed E-state index contributed by atoms with van der Waals surface area (Å²) in [7, 11) is -3.54. The Morgan fingerprint density at radius 1 is 1.00 bits per heavy atom. The van der Waals surface area contributed by atoms with Gasteiger partial charge in [-0.2, -0.15) is 0 Å². The maximum Gasteiger partial charge on any atom is 0.264 e. The molecule has 0 spiro atoms. The fourth-order valence-corrected chi connectivity index (χ4v) is 5.46. The first kappa shape index (κ1) is 16.6. The number of fused-ring (bicyclic) bond motifs is 1. The molecule has 0 amide bonds. The average molecular weight is 356 g/mol. The third kappa shape index (κ3) is 3.07. The quantitative estimate of drug-likeness (QED) is 0.907. The van der Waals surface area contributed by atoms with E-state index in [1.165, 1.54) is 25.7 Å².